The van der Waals surface area contributed by atoms with E-state index in [0.29, 0.717) is 11.8 Å². The van der Waals surface area contributed by atoms with Gasteiger partial charge in [0, 0.05) is 12.1 Å². The maximum absolute atomic E-state index is 12.9. The Hall–Kier alpha value is -0.890. The SMILES string of the molecule is CC(C)C(CNC(C)(C)C)c1ccc(F)cc1. The molecular formula is C15H24FN. The fourth-order valence-corrected chi connectivity index (χ4v) is 1.86. The molecule has 0 aliphatic heterocycles. The molecule has 2 heteroatoms. The predicted molar refractivity (Wildman–Crippen MR) is 71.7 cm³/mol. The van der Waals surface area contributed by atoms with Gasteiger partial charge in [-0.1, -0.05) is 26.0 Å². The van der Waals surface area contributed by atoms with Gasteiger partial charge in [0.2, 0.25) is 0 Å². The Morgan fingerprint density at radius 3 is 2.06 bits per heavy atom. The maximum atomic E-state index is 12.9. The lowest BCUT2D eigenvalue weighted by Crippen LogP contribution is -2.39. The molecule has 0 aliphatic rings. The number of nitrogens with one attached hydrogen (secondary N) is 1. The predicted octanol–water partition coefficient (Wildman–Crippen LogP) is 3.95. The third-order valence-electron chi connectivity index (χ3n) is 2.96. The zero-order valence-corrected chi connectivity index (χ0v) is 11.5. The summed E-state index contributed by atoms with van der Waals surface area (Å²) in [6, 6.07) is 6.87. The van der Waals surface area contributed by atoms with E-state index in [1.165, 1.54) is 5.56 Å². The Morgan fingerprint density at radius 1 is 1.12 bits per heavy atom. The molecule has 1 aromatic carbocycles. The highest BCUT2D eigenvalue weighted by atomic mass is 19.1. The quantitative estimate of drug-likeness (QED) is 0.836. The van der Waals surface area contributed by atoms with Crippen molar-refractivity contribution in [2.75, 3.05) is 6.54 Å². The molecule has 0 bridgehead atoms. The van der Waals surface area contributed by atoms with Crippen molar-refractivity contribution in [3.8, 4) is 0 Å². The van der Waals surface area contributed by atoms with E-state index in [4.69, 9.17) is 0 Å². The van der Waals surface area contributed by atoms with E-state index in [1.807, 2.05) is 12.1 Å². The van der Waals surface area contributed by atoms with Crippen LogP contribution in [-0.4, -0.2) is 12.1 Å². The second-order valence-corrected chi connectivity index (χ2v) is 6.03. The fraction of sp³-hybridized carbons (Fsp3) is 0.600. The Kier molecular flexibility index (Phi) is 4.70. The van der Waals surface area contributed by atoms with Crippen LogP contribution in [0.15, 0.2) is 24.3 Å². The third-order valence-corrected chi connectivity index (χ3v) is 2.96. The van der Waals surface area contributed by atoms with Crippen molar-refractivity contribution >= 4 is 0 Å². The van der Waals surface area contributed by atoms with E-state index >= 15 is 0 Å². The van der Waals surface area contributed by atoms with Crippen LogP contribution in [0.4, 0.5) is 4.39 Å². The Labute approximate surface area is 104 Å². The van der Waals surface area contributed by atoms with E-state index in [-0.39, 0.29) is 11.4 Å². The average molecular weight is 237 g/mol. The highest BCUT2D eigenvalue weighted by Crippen LogP contribution is 2.24. The van der Waals surface area contributed by atoms with Gasteiger partial charge in [-0.2, -0.15) is 0 Å². The molecule has 0 heterocycles. The Balaban J connectivity index is 2.76. The highest BCUT2D eigenvalue weighted by Gasteiger charge is 2.18. The van der Waals surface area contributed by atoms with Gasteiger partial charge in [-0.3, -0.25) is 0 Å². The molecular weight excluding hydrogens is 213 g/mol. The zero-order chi connectivity index (χ0) is 13.1. The summed E-state index contributed by atoms with van der Waals surface area (Å²) in [6.45, 7) is 11.8. The minimum atomic E-state index is -0.167. The molecule has 0 spiro atoms. The van der Waals surface area contributed by atoms with Crippen LogP contribution >= 0.6 is 0 Å². The molecule has 0 aromatic heterocycles. The van der Waals surface area contributed by atoms with E-state index in [2.05, 4.69) is 39.9 Å². The van der Waals surface area contributed by atoms with Crippen molar-refractivity contribution in [1.29, 1.82) is 0 Å². The molecule has 96 valence electrons. The number of hydrogen-bond acceptors (Lipinski definition) is 1. The standard InChI is InChI=1S/C15H24FN/c1-11(2)14(10-17-15(3,4)5)12-6-8-13(16)9-7-12/h6-9,11,14,17H,10H2,1-5H3. The van der Waals surface area contributed by atoms with Gasteiger partial charge in [0.25, 0.3) is 0 Å². The second-order valence-electron chi connectivity index (χ2n) is 6.03. The van der Waals surface area contributed by atoms with Crippen molar-refractivity contribution in [3.63, 3.8) is 0 Å². The Morgan fingerprint density at radius 2 is 1.65 bits per heavy atom. The van der Waals surface area contributed by atoms with Crippen molar-refractivity contribution < 1.29 is 4.39 Å². The van der Waals surface area contributed by atoms with Gasteiger partial charge in [-0.15, -0.1) is 0 Å². The molecule has 0 amide bonds. The zero-order valence-electron chi connectivity index (χ0n) is 11.5. The molecule has 1 N–H and O–H groups in total. The van der Waals surface area contributed by atoms with Crippen LogP contribution in [0.1, 0.15) is 46.1 Å². The normalized spacial score (nSPS) is 14.1. The monoisotopic (exact) mass is 237 g/mol. The van der Waals surface area contributed by atoms with Gasteiger partial charge in [0.05, 0.1) is 0 Å². The third kappa shape index (κ3) is 4.86. The first-order valence-corrected chi connectivity index (χ1v) is 6.30. The number of benzene rings is 1. The summed E-state index contributed by atoms with van der Waals surface area (Å²) < 4.78 is 12.9. The smallest absolute Gasteiger partial charge is 0.123 e. The summed E-state index contributed by atoms with van der Waals surface area (Å²) in [6.07, 6.45) is 0. The molecule has 0 aliphatic carbocycles. The van der Waals surface area contributed by atoms with Crippen molar-refractivity contribution in [2.24, 2.45) is 5.92 Å². The summed E-state index contributed by atoms with van der Waals surface area (Å²) in [5.41, 5.74) is 1.32. The van der Waals surface area contributed by atoms with Crippen LogP contribution in [0.5, 0.6) is 0 Å². The van der Waals surface area contributed by atoms with Gasteiger partial charge in [0.1, 0.15) is 5.82 Å². The lowest BCUT2D eigenvalue weighted by atomic mass is 9.87. The highest BCUT2D eigenvalue weighted by molar-refractivity contribution is 5.21. The van der Waals surface area contributed by atoms with Gasteiger partial charge < -0.3 is 5.32 Å². The summed E-state index contributed by atoms with van der Waals surface area (Å²) >= 11 is 0. The first-order chi connectivity index (χ1) is 7.79. The summed E-state index contributed by atoms with van der Waals surface area (Å²) in [5, 5.41) is 3.52. The summed E-state index contributed by atoms with van der Waals surface area (Å²) in [7, 11) is 0. The number of rotatable bonds is 4. The average Bonchev–Trinajstić information content (AvgIpc) is 2.18. The minimum absolute atomic E-state index is 0.118. The Bertz CT molecular complexity index is 335. The lowest BCUT2D eigenvalue weighted by Gasteiger charge is -2.28. The molecule has 17 heavy (non-hydrogen) atoms. The van der Waals surface area contributed by atoms with Gasteiger partial charge in [-0.05, 0) is 50.3 Å². The van der Waals surface area contributed by atoms with E-state index in [1.54, 1.807) is 12.1 Å². The van der Waals surface area contributed by atoms with Gasteiger partial charge >= 0.3 is 0 Å². The molecule has 0 radical (unpaired) electrons. The topological polar surface area (TPSA) is 12.0 Å². The van der Waals surface area contributed by atoms with Crippen LogP contribution < -0.4 is 5.32 Å². The van der Waals surface area contributed by atoms with Gasteiger partial charge in [0.15, 0.2) is 0 Å². The van der Waals surface area contributed by atoms with Crippen molar-refractivity contribution in [1.82, 2.24) is 5.32 Å². The fourth-order valence-electron chi connectivity index (χ4n) is 1.86. The van der Waals surface area contributed by atoms with Crippen LogP contribution in [-0.2, 0) is 0 Å². The summed E-state index contributed by atoms with van der Waals surface area (Å²) in [5.74, 6) is 0.796. The number of hydrogen-bond donors (Lipinski definition) is 1. The molecule has 0 saturated carbocycles. The van der Waals surface area contributed by atoms with Crippen LogP contribution in [0.3, 0.4) is 0 Å². The second kappa shape index (κ2) is 5.63. The van der Waals surface area contributed by atoms with E-state index < -0.39 is 0 Å². The molecule has 0 saturated heterocycles. The molecule has 1 nitrogen and oxygen atoms in total. The number of halogens is 1. The van der Waals surface area contributed by atoms with E-state index in [0.717, 1.165) is 6.54 Å². The summed E-state index contributed by atoms with van der Waals surface area (Å²) in [4.78, 5) is 0. The molecule has 1 rings (SSSR count). The van der Waals surface area contributed by atoms with Crippen LogP contribution in [0.2, 0.25) is 0 Å². The largest absolute Gasteiger partial charge is 0.311 e. The lowest BCUT2D eigenvalue weighted by molar-refractivity contribution is 0.372. The van der Waals surface area contributed by atoms with Crippen LogP contribution in [0.25, 0.3) is 0 Å². The molecule has 0 fully saturated rings. The van der Waals surface area contributed by atoms with Gasteiger partial charge in [-0.25, -0.2) is 4.39 Å². The molecule has 1 aromatic rings. The molecule has 1 atom stereocenters. The molecule has 1 unspecified atom stereocenters. The minimum Gasteiger partial charge on any atom is -0.311 e. The van der Waals surface area contributed by atoms with Crippen molar-refractivity contribution in [2.45, 2.75) is 46.1 Å². The van der Waals surface area contributed by atoms with E-state index in [9.17, 15) is 4.39 Å². The maximum Gasteiger partial charge on any atom is 0.123 e. The van der Waals surface area contributed by atoms with Crippen LogP contribution in [0, 0.1) is 11.7 Å². The first kappa shape index (κ1) is 14.2. The van der Waals surface area contributed by atoms with Crippen molar-refractivity contribution in [3.05, 3.63) is 35.6 Å². The first-order valence-electron chi connectivity index (χ1n) is 6.30.